The summed E-state index contributed by atoms with van der Waals surface area (Å²) in [7, 11) is 0. The summed E-state index contributed by atoms with van der Waals surface area (Å²) in [6.45, 7) is 1.73. The lowest BCUT2D eigenvalue weighted by atomic mass is 9.84. The summed E-state index contributed by atoms with van der Waals surface area (Å²) in [5, 5.41) is 9.84. The Kier molecular flexibility index (Phi) is 4.73. The van der Waals surface area contributed by atoms with Gasteiger partial charge in [-0.2, -0.15) is 0 Å². The maximum Gasteiger partial charge on any atom is 0.326 e. The van der Waals surface area contributed by atoms with Gasteiger partial charge in [-0.3, -0.25) is 4.79 Å². The molecule has 1 aliphatic carbocycles. The standard InChI is InChI=1S/C18H23ClN4O3/c19-12-10-20-18(22-7-3-4-8-22)21-15(12)16(24)23-13-6-2-1-5-11(13)9-14(23)17(25)26/h10-11,13-14H,1-9H2,(H,25,26)/t11-,13-,14+/m1/s1. The molecular weight excluding hydrogens is 356 g/mol. The van der Waals surface area contributed by atoms with Crippen molar-refractivity contribution >= 4 is 29.4 Å². The Labute approximate surface area is 157 Å². The van der Waals surface area contributed by atoms with Crippen molar-refractivity contribution in [2.45, 2.75) is 57.0 Å². The number of aromatic nitrogens is 2. The van der Waals surface area contributed by atoms with Gasteiger partial charge >= 0.3 is 5.97 Å². The van der Waals surface area contributed by atoms with Crippen molar-refractivity contribution < 1.29 is 14.7 Å². The van der Waals surface area contributed by atoms with Crippen LogP contribution in [-0.2, 0) is 4.79 Å². The maximum absolute atomic E-state index is 13.3. The molecule has 1 aromatic heterocycles. The molecule has 2 saturated heterocycles. The van der Waals surface area contributed by atoms with Crippen molar-refractivity contribution in [1.82, 2.24) is 14.9 Å². The van der Waals surface area contributed by atoms with E-state index in [2.05, 4.69) is 9.97 Å². The van der Waals surface area contributed by atoms with E-state index in [1.165, 1.54) is 11.1 Å². The second kappa shape index (κ2) is 7.02. The number of amides is 1. The summed E-state index contributed by atoms with van der Waals surface area (Å²) < 4.78 is 0. The Bertz CT molecular complexity index is 722. The molecule has 0 unspecified atom stereocenters. The zero-order valence-corrected chi connectivity index (χ0v) is 15.4. The van der Waals surface area contributed by atoms with Gasteiger partial charge in [-0.25, -0.2) is 14.8 Å². The van der Waals surface area contributed by atoms with E-state index in [9.17, 15) is 14.7 Å². The number of likely N-dealkylation sites (tertiary alicyclic amines) is 1. The summed E-state index contributed by atoms with van der Waals surface area (Å²) in [6.07, 6.45) is 8.08. The first kappa shape index (κ1) is 17.5. The zero-order chi connectivity index (χ0) is 18.3. The molecule has 1 aromatic rings. The minimum Gasteiger partial charge on any atom is -0.480 e. The van der Waals surface area contributed by atoms with Gasteiger partial charge in [0.1, 0.15) is 6.04 Å². The van der Waals surface area contributed by atoms with Crippen molar-refractivity contribution in [2.24, 2.45) is 5.92 Å². The van der Waals surface area contributed by atoms with Crippen molar-refractivity contribution in [3.05, 3.63) is 16.9 Å². The first-order valence-electron chi connectivity index (χ1n) is 9.39. The molecule has 0 bridgehead atoms. The lowest BCUT2D eigenvalue weighted by molar-refractivity contribution is -0.141. The number of carbonyl (C=O) groups is 2. The average molecular weight is 379 g/mol. The predicted molar refractivity (Wildman–Crippen MR) is 96.4 cm³/mol. The van der Waals surface area contributed by atoms with Gasteiger partial charge in [-0.15, -0.1) is 0 Å². The zero-order valence-electron chi connectivity index (χ0n) is 14.6. The van der Waals surface area contributed by atoms with E-state index >= 15 is 0 Å². The molecule has 1 amide bonds. The molecule has 0 aromatic carbocycles. The van der Waals surface area contributed by atoms with Crippen molar-refractivity contribution in [1.29, 1.82) is 0 Å². The van der Waals surface area contributed by atoms with Gasteiger partial charge in [0, 0.05) is 19.1 Å². The van der Waals surface area contributed by atoms with Gasteiger partial charge in [-0.05, 0) is 38.0 Å². The van der Waals surface area contributed by atoms with E-state index in [4.69, 9.17) is 11.6 Å². The molecule has 26 heavy (non-hydrogen) atoms. The molecule has 3 heterocycles. The number of carboxylic acids is 1. The lowest BCUT2D eigenvalue weighted by Crippen LogP contribution is -2.46. The monoisotopic (exact) mass is 378 g/mol. The average Bonchev–Trinajstić information content (AvgIpc) is 3.29. The molecule has 3 fully saturated rings. The number of halogens is 1. The van der Waals surface area contributed by atoms with Gasteiger partial charge < -0.3 is 14.9 Å². The third kappa shape index (κ3) is 3.02. The van der Waals surface area contributed by atoms with Crippen LogP contribution in [0.3, 0.4) is 0 Å². The van der Waals surface area contributed by atoms with E-state index in [0.29, 0.717) is 12.4 Å². The number of nitrogens with zero attached hydrogens (tertiary/aromatic N) is 4. The molecule has 140 valence electrons. The number of fused-ring (bicyclic) bond motifs is 1. The van der Waals surface area contributed by atoms with Gasteiger partial charge in [0.15, 0.2) is 5.69 Å². The van der Waals surface area contributed by atoms with E-state index in [1.54, 1.807) is 0 Å². The topological polar surface area (TPSA) is 86.6 Å². The Morgan fingerprint density at radius 2 is 1.88 bits per heavy atom. The second-order valence-corrected chi connectivity index (χ2v) is 7.88. The number of anilines is 1. The molecule has 3 atom stereocenters. The van der Waals surface area contributed by atoms with Crippen molar-refractivity contribution in [2.75, 3.05) is 18.0 Å². The van der Waals surface area contributed by atoms with Gasteiger partial charge in [-0.1, -0.05) is 24.4 Å². The Morgan fingerprint density at radius 3 is 2.62 bits per heavy atom. The molecule has 0 spiro atoms. The first-order valence-corrected chi connectivity index (χ1v) is 9.77. The van der Waals surface area contributed by atoms with Crippen LogP contribution in [-0.4, -0.2) is 57.0 Å². The fourth-order valence-corrected chi connectivity index (χ4v) is 4.84. The smallest absolute Gasteiger partial charge is 0.326 e. The van der Waals surface area contributed by atoms with Crippen LogP contribution in [0.25, 0.3) is 0 Å². The van der Waals surface area contributed by atoms with E-state index in [-0.39, 0.29) is 28.6 Å². The molecule has 7 nitrogen and oxygen atoms in total. The number of carbonyl (C=O) groups excluding carboxylic acids is 1. The normalized spacial score (nSPS) is 28.3. The highest BCUT2D eigenvalue weighted by atomic mass is 35.5. The maximum atomic E-state index is 13.3. The molecule has 8 heteroatoms. The highest BCUT2D eigenvalue weighted by Crippen LogP contribution is 2.41. The SMILES string of the molecule is O=C(O)[C@@H]1C[C@H]2CCCC[C@H]2N1C(=O)c1nc(N2CCCC2)ncc1Cl. The third-order valence-corrected chi connectivity index (χ3v) is 6.21. The summed E-state index contributed by atoms with van der Waals surface area (Å²) in [4.78, 5) is 37.3. The van der Waals surface area contributed by atoms with Crippen LogP contribution in [0.15, 0.2) is 6.20 Å². The molecule has 3 aliphatic rings. The van der Waals surface area contributed by atoms with Crippen molar-refractivity contribution in [3.63, 3.8) is 0 Å². The van der Waals surface area contributed by atoms with Gasteiger partial charge in [0.05, 0.1) is 11.2 Å². The summed E-state index contributed by atoms with van der Waals surface area (Å²) in [6, 6.07) is -0.824. The molecule has 2 aliphatic heterocycles. The minimum atomic E-state index is -0.947. The van der Waals surface area contributed by atoms with Crippen LogP contribution in [0.1, 0.15) is 55.4 Å². The first-order chi connectivity index (χ1) is 12.6. The fourth-order valence-electron chi connectivity index (χ4n) is 4.67. The lowest BCUT2D eigenvalue weighted by Gasteiger charge is -2.33. The van der Waals surface area contributed by atoms with E-state index < -0.39 is 12.0 Å². The van der Waals surface area contributed by atoms with Crippen LogP contribution in [0.2, 0.25) is 5.02 Å². The highest BCUT2D eigenvalue weighted by molar-refractivity contribution is 6.33. The number of carboxylic acid groups (broad SMARTS) is 1. The van der Waals surface area contributed by atoms with Crippen LogP contribution in [0.4, 0.5) is 5.95 Å². The quantitative estimate of drug-likeness (QED) is 0.869. The minimum absolute atomic E-state index is 0.0291. The highest BCUT2D eigenvalue weighted by Gasteiger charge is 2.48. The Balaban J connectivity index is 1.66. The van der Waals surface area contributed by atoms with Crippen LogP contribution in [0, 0.1) is 5.92 Å². The second-order valence-electron chi connectivity index (χ2n) is 7.47. The van der Waals surface area contributed by atoms with Crippen LogP contribution < -0.4 is 4.90 Å². The van der Waals surface area contributed by atoms with Crippen LogP contribution >= 0.6 is 11.6 Å². The largest absolute Gasteiger partial charge is 0.480 e. The summed E-state index contributed by atoms with van der Waals surface area (Å²) in [5.41, 5.74) is 0.126. The number of aliphatic carboxylic acids is 1. The summed E-state index contributed by atoms with van der Waals surface area (Å²) in [5.74, 6) is -0.564. The number of hydrogen-bond donors (Lipinski definition) is 1. The van der Waals surface area contributed by atoms with E-state index in [0.717, 1.165) is 51.6 Å². The molecule has 1 N–H and O–H groups in total. The third-order valence-electron chi connectivity index (χ3n) is 5.93. The fraction of sp³-hybridized carbons (Fsp3) is 0.667. The number of hydrogen-bond acceptors (Lipinski definition) is 5. The molecular formula is C18H23ClN4O3. The number of rotatable bonds is 3. The summed E-state index contributed by atoms with van der Waals surface area (Å²) >= 11 is 6.24. The Morgan fingerprint density at radius 1 is 1.15 bits per heavy atom. The Hall–Kier alpha value is -1.89. The van der Waals surface area contributed by atoms with Gasteiger partial charge in [0.2, 0.25) is 5.95 Å². The molecule has 4 rings (SSSR count). The van der Waals surface area contributed by atoms with E-state index in [1.807, 2.05) is 4.90 Å². The van der Waals surface area contributed by atoms with Crippen molar-refractivity contribution in [3.8, 4) is 0 Å². The van der Waals surface area contributed by atoms with Gasteiger partial charge in [0.25, 0.3) is 5.91 Å². The van der Waals surface area contributed by atoms with Crippen LogP contribution in [0.5, 0.6) is 0 Å². The predicted octanol–water partition coefficient (Wildman–Crippen LogP) is 2.59. The molecule has 1 saturated carbocycles. The molecule has 0 radical (unpaired) electrons.